The predicted octanol–water partition coefficient (Wildman–Crippen LogP) is 3.39. The van der Waals surface area contributed by atoms with Gasteiger partial charge in [-0.05, 0) is 43.3 Å². The van der Waals surface area contributed by atoms with E-state index < -0.39 is 15.9 Å². The smallest absolute Gasteiger partial charge is 0.264 e. The molecule has 1 aliphatic heterocycles. The zero-order valence-electron chi connectivity index (χ0n) is 17.8. The highest BCUT2D eigenvalue weighted by molar-refractivity contribution is 7.92. The van der Waals surface area contributed by atoms with Crippen LogP contribution in [0.25, 0.3) is 0 Å². The summed E-state index contributed by atoms with van der Waals surface area (Å²) in [5.74, 6) is 0.902. The number of fused-ring (bicyclic) bond motifs is 1. The molecule has 32 heavy (non-hydrogen) atoms. The first-order chi connectivity index (χ1) is 15.4. The largest absolute Gasteiger partial charge is 0.486 e. The van der Waals surface area contributed by atoms with Gasteiger partial charge in [-0.15, -0.1) is 0 Å². The fourth-order valence-electron chi connectivity index (χ4n) is 3.40. The first-order valence-corrected chi connectivity index (χ1v) is 11.6. The molecular weight excluding hydrogens is 428 g/mol. The molecule has 0 fully saturated rings. The molecule has 1 aliphatic rings. The number of nitrogens with zero attached hydrogens (tertiary/aromatic N) is 1. The van der Waals surface area contributed by atoms with Crippen molar-refractivity contribution in [3.63, 3.8) is 0 Å². The van der Waals surface area contributed by atoms with Gasteiger partial charge in [0, 0.05) is 7.05 Å². The van der Waals surface area contributed by atoms with E-state index in [0.717, 1.165) is 9.87 Å². The minimum atomic E-state index is -3.83. The number of hydrogen-bond acceptors (Lipinski definition) is 5. The van der Waals surface area contributed by atoms with E-state index in [1.54, 1.807) is 48.5 Å². The lowest BCUT2D eigenvalue weighted by Gasteiger charge is -2.27. The maximum absolute atomic E-state index is 13.1. The van der Waals surface area contributed by atoms with Crippen LogP contribution in [0.3, 0.4) is 0 Å². The Morgan fingerprint density at radius 2 is 1.66 bits per heavy atom. The zero-order chi connectivity index (χ0) is 22.7. The Balaban J connectivity index is 1.49. The van der Waals surface area contributed by atoms with Crippen LogP contribution in [-0.2, 0) is 10.0 Å². The quantitative estimate of drug-likeness (QED) is 0.620. The highest BCUT2D eigenvalue weighted by Crippen LogP contribution is 2.31. The van der Waals surface area contributed by atoms with Gasteiger partial charge in [0.25, 0.3) is 15.9 Å². The molecule has 1 atom stereocenters. The molecule has 0 radical (unpaired) electrons. The molecule has 4 rings (SSSR count). The first-order valence-electron chi connectivity index (χ1n) is 10.2. The number of anilines is 1. The molecule has 1 unspecified atom stereocenters. The average Bonchev–Trinajstić information content (AvgIpc) is 2.82. The second kappa shape index (κ2) is 8.92. The molecule has 1 N–H and O–H groups in total. The molecule has 1 amide bonds. The molecule has 0 bridgehead atoms. The van der Waals surface area contributed by atoms with Crippen molar-refractivity contribution in [2.75, 3.05) is 24.5 Å². The Hall–Kier alpha value is -3.52. The average molecular weight is 453 g/mol. The summed E-state index contributed by atoms with van der Waals surface area (Å²) in [5.41, 5.74) is 1.50. The van der Waals surface area contributed by atoms with Crippen molar-refractivity contribution in [1.29, 1.82) is 0 Å². The Labute approximate surface area is 187 Å². The Morgan fingerprint density at radius 1 is 1.00 bits per heavy atom. The third-order valence-corrected chi connectivity index (χ3v) is 7.01. The molecule has 7 nitrogen and oxygen atoms in total. The number of amides is 1. The van der Waals surface area contributed by atoms with Gasteiger partial charge in [0.05, 0.1) is 22.7 Å². The van der Waals surface area contributed by atoms with Crippen molar-refractivity contribution in [2.45, 2.75) is 17.9 Å². The summed E-state index contributed by atoms with van der Waals surface area (Å²) < 4.78 is 38.9. The summed E-state index contributed by atoms with van der Waals surface area (Å²) in [5, 5.41) is 2.83. The number of benzene rings is 3. The Morgan fingerprint density at radius 3 is 2.41 bits per heavy atom. The lowest BCUT2D eigenvalue weighted by molar-refractivity contribution is 0.0789. The van der Waals surface area contributed by atoms with Gasteiger partial charge < -0.3 is 14.8 Å². The first kappa shape index (κ1) is 21.7. The van der Waals surface area contributed by atoms with Crippen LogP contribution < -0.4 is 19.1 Å². The summed E-state index contributed by atoms with van der Waals surface area (Å²) >= 11 is 0. The van der Waals surface area contributed by atoms with E-state index in [0.29, 0.717) is 18.1 Å². The van der Waals surface area contributed by atoms with E-state index in [4.69, 9.17) is 9.47 Å². The fourth-order valence-corrected chi connectivity index (χ4v) is 4.62. The molecule has 8 heteroatoms. The van der Waals surface area contributed by atoms with Crippen molar-refractivity contribution in [3.8, 4) is 11.5 Å². The normalized spacial score (nSPS) is 15.1. The van der Waals surface area contributed by atoms with Gasteiger partial charge in [-0.25, -0.2) is 8.42 Å². The highest BCUT2D eigenvalue weighted by atomic mass is 32.2. The zero-order valence-corrected chi connectivity index (χ0v) is 18.6. The van der Waals surface area contributed by atoms with Gasteiger partial charge in [-0.2, -0.15) is 0 Å². The molecular formula is C24H24N2O5S. The summed E-state index contributed by atoms with van der Waals surface area (Å²) in [4.78, 5) is 13.1. The van der Waals surface area contributed by atoms with E-state index in [1.165, 1.54) is 7.05 Å². The summed E-state index contributed by atoms with van der Waals surface area (Å²) in [6.45, 7) is 2.41. The van der Waals surface area contributed by atoms with E-state index in [1.807, 2.05) is 31.2 Å². The lowest BCUT2D eigenvalue weighted by Crippen LogP contribution is -2.41. The minimum absolute atomic E-state index is 0.159. The number of carbonyl (C=O) groups is 1. The van der Waals surface area contributed by atoms with Crippen molar-refractivity contribution >= 4 is 21.6 Å². The molecule has 0 saturated carbocycles. The van der Waals surface area contributed by atoms with Crippen LogP contribution in [0.2, 0.25) is 0 Å². The monoisotopic (exact) mass is 452 g/mol. The van der Waals surface area contributed by atoms with Gasteiger partial charge in [0.15, 0.2) is 11.5 Å². The van der Waals surface area contributed by atoms with Gasteiger partial charge in [0.2, 0.25) is 0 Å². The van der Waals surface area contributed by atoms with E-state index in [2.05, 4.69) is 5.32 Å². The van der Waals surface area contributed by atoms with Gasteiger partial charge in [-0.3, -0.25) is 9.10 Å². The van der Waals surface area contributed by atoms with Crippen LogP contribution in [0.5, 0.6) is 11.5 Å². The third kappa shape index (κ3) is 4.40. The van der Waals surface area contributed by atoms with Crippen molar-refractivity contribution in [1.82, 2.24) is 5.32 Å². The predicted molar refractivity (Wildman–Crippen MR) is 122 cm³/mol. The molecule has 0 saturated heterocycles. The molecule has 166 valence electrons. The standard InChI is InChI=1S/C24H24N2O5S/c1-17-11-13-19(14-12-17)32(28,29)26(2)21-8-4-3-7-20(21)24(27)25-15-18-16-30-22-9-5-6-10-23(22)31-18/h3-14,18H,15-16H2,1-2H3,(H,25,27). The van der Waals surface area contributed by atoms with E-state index in [9.17, 15) is 13.2 Å². The number of hydrogen-bond donors (Lipinski definition) is 1. The second-order valence-corrected chi connectivity index (χ2v) is 9.48. The number of carbonyl (C=O) groups excluding carboxylic acids is 1. The van der Waals surface area contributed by atoms with Gasteiger partial charge in [0.1, 0.15) is 12.7 Å². The van der Waals surface area contributed by atoms with Gasteiger partial charge in [-0.1, -0.05) is 42.0 Å². The molecule has 0 spiro atoms. The second-order valence-electron chi connectivity index (χ2n) is 7.51. The molecule has 0 aliphatic carbocycles. The summed E-state index contributed by atoms with van der Waals surface area (Å²) in [6, 6.07) is 20.5. The van der Waals surface area contributed by atoms with Crippen molar-refractivity contribution in [3.05, 3.63) is 83.9 Å². The third-order valence-electron chi connectivity index (χ3n) is 5.23. The minimum Gasteiger partial charge on any atom is -0.486 e. The van der Waals surface area contributed by atoms with Crippen LogP contribution in [0, 0.1) is 6.92 Å². The fraction of sp³-hybridized carbons (Fsp3) is 0.208. The van der Waals surface area contributed by atoms with Crippen LogP contribution in [0.1, 0.15) is 15.9 Å². The SMILES string of the molecule is Cc1ccc(S(=O)(=O)N(C)c2ccccc2C(=O)NCC2COc3ccccc3O2)cc1. The summed E-state index contributed by atoms with van der Waals surface area (Å²) in [7, 11) is -2.38. The van der Waals surface area contributed by atoms with Crippen molar-refractivity contribution < 1.29 is 22.7 Å². The van der Waals surface area contributed by atoms with Gasteiger partial charge >= 0.3 is 0 Å². The Bertz CT molecular complexity index is 1230. The van der Waals surface area contributed by atoms with Crippen LogP contribution in [-0.4, -0.2) is 40.6 Å². The van der Waals surface area contributed by atoms with E-state index >= 15 is 0 Å². The molecule has 3 aromatic rings. The molecule has 0 aromatic heterocycles. The molecule has 1 heterocycles. The number of ether oxygens (including phenoxy) is 2. The molecule has 3 aromatic carbocycles. The van der Waals surface area contributed by atoms with Crippen LogP contribution in [0.4, 0.5) is 5.69 Å². The maximum Gasteiger partial charge on any atom is 0.264 e. The summed E-state index contributed by atoms with van der Waals surface area (Å²) in [6.07, 6.45) is -0.352. The number of sulfonamides is 1. The van der Waals surface area contributed by atoms with E-state index in [-0.39, 0.29) is 28.8 Å². The number of para-hydroxylation sites is 3. The number of aryl methyl sites for hydroxylation is 1. The number of nitrogens with one attached hydrogen (secondary N) is 1. The topological polar surface area (TPSA) is 84.9 Å². The van der Waals surface area contributed by atoms with Crippen LogP contribution in [0.15, 0.2) is 77.7 Å². The Kier molecular flexibility index (Phi) is 6.05. The maximum atomic E-state index is 13.1. The van der Waals surface area contributed by atoms with Crippen molar-refractivity contribution in [2.24, 2.45) is 0 Å². The number of rotatable bonds is 6. The highest BCUT2D eigenvalue weighted by Gasteiger charge is 2.26. The lowest BCUT2D eigenvalue weighted by atomic mass is 10.1. The van der Waals surface area contributed by atoms with Crippen LogP contribution >= 0.6 is 0 Å².